The van der Waals surface area contributed by atoms with Crippen molar-refractivity contribution in [2.75, 3.05) is 13.7 Å². The van der Waals surface area contributed by atoms with Gasteiger partial charge in [-0.3, -0.25) is 4.98 Å². The Hall–Kier alpha value is -1.16. The molecule has 1 heterocycles. The molecule has 0 fully saturated rings. The van der Waals surface area contributed by atoms with Gasteiger partial charge in [0.1, 0.15) is 5.69 Å². The Morgan fingerprint density at radius 1 is 1.17 bits per heavy atom. The number of rotatable bonds is 9. The highest BCUT2D eigenvalue weighted by Crippen LogP contribution is 2.24. The van der Waals surface area contributed by atoms with E-state index in [0.29, 0.717) is 5.88 Å². The first-order chi connectivity index (χ1) is 8.83. The Balaban J connectivity index is 2.64. The van der Waals surface area contributed by atoms with Crippen LogP contribution in [0.2, 0.25) is 0 Å². The zero-order valence-electron chi connectivity index (χ0n) is 11.8. The molecule has 1 aromatic rings. The molecule has 0 saturated carbocycles. The molecule has 1 atom stereocenters. The van der Waals surface area contributed by atoms with Crippen LogP contribution in [0.3, 0.4) is 0 Å². The van der Waals surface area contributed by atoms with Crippen LogP contribution in [-0.2, 0) is 0 Å². The summed E-state index contributed by atoms with van der Waals surface area (Å²) in [4.78, 5) is 8.64. The zero-order valence-corrected chi connectivity index (χ0v) is 11.8. The Bertz CT molecular complexity index is 331. The molecule has 1 N–H and O–H groups in total. The lowest BCUT2D eigenvalue weighted by atomic mass is 10.0. The molecule has 4 heteroatoms. The van der Waals surface area contributed by atoms with E-state index in [1.807, 2.05) is 0 Å². The van der Waals surface area contributed by atoms with Crippen molar-refractivity contribution in [3.05, 3.63) is 18.1 Å². The second kappa shape index (κ2) is 8.86. The molecule has 1 rings (SSSR count). The van der Waals surface area contributed by atoms with Crippen molar-refractivity contribution < 1.29 is 4.74 Å². The minimum Gasteiger partial charge on any atom is -0.480 e. The summed E-state index contributed by atoms with van der Waals surface area (Å²) in [5, 5.41) is 3.47. The van der Waals surface area contributed by atoms with Crippen molar-refractivity contribution in [2.45, 2.75) is 52.0 Å². The van der Waals surface area contributed by atoms with E-state index >= 15 is 0 Å². The third-order valence-corrected chi connectivity index (χ3v) is 3.01. The molecule has 4 nitrogen and oxygen atoms in total. The number of ether oxygens (including phenoxy) is 1. The third-order valence-electron chi connectivity index (χ3n) is 3.01. The van der Waals surface area contributed by atoms with Gasteiger partial charge in [0.15, 0.2) is 0 Å². The first kappa shape index (κ1) is 14.9. The summed E-state index contributed by atoms with van der Waals surface area (Å²) >= 11 is 0. The minimum atomic E-state index is 0.246. The van der Waals surface area contributed by atoms with Gasteiger partial charge in [-0.15, -0.1) is 0 Å². The molecule has 0 aromatic carbocycles. The van der Waals surface area contributed by atoms with Gasteiger partial charge in [0.25, 0.3) is 0 Å². The highest BCUT2D eigenvalue weighted by molar-refractivity contribution is 5.21. The fraction of sp³-hybridized carbons (Fsp3) is 0.714. The number of nitrogens with zero attached hydrogens (tertiary/aromatic N) is 2. The second-order valence-electron chi connectivity index (χ2n) is 4.41. The monoisotopic (exact) mass is 251 g/mol. The molecule has 0 aliphatic rings. The van der Waals surface area contributed by atoms with E-state index in [-0.39, 0.29) is 6.04 Å². The van der Waals surface area contributed by atoms with Crippen LogP contribution in [0.1, 0.15) is 57.7 Å². The Morgan fingerprint density at radius 2 is 1.94 bits per heavy atom. The molecule has 0 saturated heterocycles. The SMILES string of the molecule is CCCCCCC(NCC)c1nccnc1OC. The van der Waals surface area contributed by atoms with Gasteiger partial charge < -0.3 is 10.1 Å². The lowest BCUT2D eigenvalue weighted by molar-refractivity contribution is 0.371. The van der Waals surface area contributed by atoms with Crippen molar-refractivity contribution in [1.82, 2.24) is 15.3 Å². The van der Waals surface area contributed by atoms with Crippen LogP contribution in [0.15, 0.2) is 12.4 Å². The largest absolute Gasteiger partial charge is 0.480 e. The topological polar surface area (TPSA) is 47.0 Å². The maximum absolute atomic E-state index is 5.29. The first-order valence-electron chi connectivity index (χ1n) is 6.91. The van der Waals surface area contributed by atoms with E-state index in [4.69, 9.17) is 4.74 Å². The maximum Gasteiger partial charge on any atom is 0.236 e. The average Bonchev–Trinajstić information content (AvgIpc) is 2.42. The summed E-state index contributed by atoms with van der Waals surface area (Å²) in [5.74, 6) is 0.638. The van der Waals surface area contributed by atoms with Crippen LogP contribution in [0, 0.1) is 0 Å². The average molecular weight is 251 g/mol. The predicted octanol–water partition coefficient (Wildman–Crippen LogP) is 3.11. The van der Waals surface area contributed by atoms with Crippen LogP contribution in [0.4, 0.5) is 0 Å². The van der Waals surface area contributed by atoms with Crippen molar-refractivity contribution in [1.29, 1.82) is 0 Å². The molecule has 0 radical (unpaired) electrons. The predicted molar refractivity (Wildman–Crippen MR) is 73.8 cm³/mol. The van der Waals surface area contributed by atoms with Gasteiger partial charge in [-0.25, -0.2) is 4.98 Å². The highest BCUT2D eigenvalue weighted by atomic mass is 16.5. The summed E-state index contributed by atoms with van der Waals surface area (Å²) in [6.45, 7) is 5.27. The molecular weight excluding hydrogens is 226 g/mol. The molecule has 1 aromatic heterocycles. The van der Waals surface area contributed by atoms with Crippen LogP contribution < -0.4 is 10.1 Å². The molecule has 18 heavy (non-hydrogen) atoms. The van der Waals surface area contributed by atoms with Crippen molar-refractivity contribution in [3.8, 4) is 5.88 Å². The van der Waals surface area contributed by atoms with Crippen LogP contribution >= 0.6 is 0 Å². The van der Waals surface area contributed by atoms with Crippen molar-refractivity contribution in [3.63, 3.8) is 0 Å². The summed E-state index contributed by atoms with van der Waals surface area (Å²) < 4.78 is 5.29. The number of nitrogens with one attached hydrogen (secondary N) is 1. The summed E-state index contributed by atoms with van der Waals surface area (Å²) in [6.07, 6.45) is 9.54. The summed E-state index contributed by atoms with van der Waals surface area (Å²) in [5.41, 5.74) is 0.929. The molecule has 0 aliphatic carbocycles. The first-order valence-corrected chi connectivity index (χ1v) is 6.91. The smallest absolute Gasteiger partial charge is 0.236 e. The van der Waals surface area contributed by atoms with E-state index in [1.165, 1.54) is 25.7 Å². The van der Waals surface area contributed by atoms with Gasteiger partial charge in [-0.1, -0.05) is 39.5 Å². The molecule has 0 amide bonds. The lowest BCUT2D eigenvalue weighted by Crippen LogP contribution is -2.22. The molecule has 1 unspecified atom stereocenters. The van der Waals surface area contributed by atoms with Crippen LogP contribution in [-0.4, -0.2) is 23.6 Å². The number of aromatic nitrogens is 2. The van der Waals surface area contributed by atoms with E-state index in [9.17, 15) is 0 Å². The number of methoxy groups -OCH3 is 1. The van der Waals surface area contributed by atoms with Gasteiger partial charge in [-0.05, 0) is 13.0 Å². The zero-order chi connectivity index (χ0) is 13.2. The van der Waals surface area contributed by atoms with Crippen molar-refractivity contribution in [2.24, 2.45) is 0 Å². The number of hydrogen-bond donors (Lipinski definition) is 1. The maximum atomic E-state index is 5.29. The van der Waals surface area contributed by atoms with E-state index in [1.54, 1.807) is 19.5 Å². The molecule has 0 spiro atoms. The minimum absolute atomic E-state index is 0.246. The molecular formula is C14H25N3O. The van der Waals surface area contributed by atoms with Crippen molar-refractivity contribution >= 4 is 0 Å². The van der Waals surface area contributed by atoms with Gasteiger partial charge >= 0.3 is 0 Å². The van der Waals surface area contributed by atoms with E-state index in [2.05, 4.69) is 29.1 Å². The van der Waals surface area contributed by atoms with Crippen LogP contribution in [0.5, 0.6) is 5.88 Å². The molecule has 0 aliphatic heterocycles. The lowest BCUT2D eigenvalue weighted by Gasteiger charge is -2.18. The second-order valence-corrected chi connectivity index (χ2v) is 4.41. The number of unbranched alkanes of at least 4 members (excludes halogenated alkanes) is 3. The Morgan fingerprint density at radius 3 is 2.61 bits per heavy atom. The highest BCUT2D eigenvalue weighted by Gasteiger charge is 2.17. The Kier molecular flexibility index (Phi) is 7.34. The van der Waals surface area contributed by atoms with E-state index in [0.717, 1.165) is 18.7 Å². The van der Waals surface area contributed by atoms with Crippen LogP contribution in [0.25, 0.3) is 0 Å². The van der Waals surface area contributed by atoms with Gasteiger partial charge in [0, 0.05) is 12.4 Å². The molecule has 0 bridgehead atoms. The van der Waals surface area contributed by atoms with Gasteiger partial charge in [0.2, 0.25) is 5.88 Å². The van der Waals surface area contributed by atoms with Gasteiger partial charge in [0.05, 0.1) is 13.2 Å². The fourth-order valence-corrected chi connectivity index (χ4v) is 2.09. The standard InChI is InChI=1S/C14H25N3O/c1-4-6-7-8-9-12(15-5-2)13-14(18-3)17-11-10-16-13/h10-12,15H,4-9H2,1-3H3. The quantitative estimate of drug-likeness (QED) is 0.685. The Labute approximate surface area is 110 Å². The third kappa shape index (κ3) is 4.61. The number of hydrogen-bond acceptors (Lipinski definition) is 4. The van der Waals surface area contributed by atoms with E-state index < -0.39 is 0 Å². The normalized spacial score (nSPS) is 12.4. The fourth-order valence-electron chi connectivity index (χ4n) is 2.09. The summed E-state index contributed by atoms with van der Waals surface area (Å²) in [7, 11) is 1.65. The molecule has 102 valence electrons. The van der Waals surface area contributed by atoms with Gasteiger partial charge in [-0.2, -0.15) is 0 Å². The summed E-state index contributed by atoms with van der Waals surface area (Å²) in [6, 6.07) is 0.246.